The van der Waals surface area contributed by atoms with Crippen LogP contribution >= 0.6 is 11.3 Å². The van der Waals surface area contributed by atoms with Crippen molar-refractivity contribution in [2.24, 2.45) is 0 Å². The topological polar surface area (TPSA) is 79.3 Å². The number of carbonyl (C=O) groups is 2. The third-order valence-corrected chi connectivity index (χ3v) is 2.28. The van der Waals surface area contributed by atoms with E-state index in [0.717, 1.165) is 0 Å². The van der Waals surface area contributed by atoms with Gasteiger partial charge in [-0.1, -0.05) is 0 Å². The van der Waals surface area contributed by atoms with Crippen LogP contribution in [-0.2, 0) is 4.79 Å². The minimum Gasteiger partial charge on any atom is -0.481 e. The lowest BCUT2D eigenvalue weighted by Crippen LogP contribution is -2.23. The molecule has 0 saturated heterocycles. The summed E-state index contributed by atoms with van der Waals surface area (Å²) in [5, 5.41) is 11.0. The van der Waals surface area contributed by atoms with Crippen molar-refractivity contribution in [3.63, 3.8) is 0 Å². The third-order valence-electron chi connectivity index (χ3n) is 1.51. The highest BCUT2D eigenvalue weighted by atomic mass is 32.1. The van der Waals surface area contributed by atoms with Crippen molar-refractivity contribution in [2.45, 2.75) is 12.8 Å². The summed E-state index contributed by atoms with van der Waals surface area (Å²) in [6, 6.07) is 0. The molecule has 1 aromatic rings. The van der Waals surface area contributed by atoms with Gasteiger partial charge in [0.05, 0.1) is 11.7 Å². The molecule has 76 valence electrons. The Morgan fingerprint density at radius 2 is 2.36 bits per heavy atom. The van der Waals surface area contributed by atoms with Gasteiger partial charge in [-0.15, -0.1) is 11.3 Å². The van der Waals surface area contributed by atoms with Gasteiger partial charge in [0.15, 0.2) is 0 Å². The Morgan fingerprint density at radius 1 is 1.57 bits per heavy atom. The zero-order valence-electron chi connectivity index (χ0n) is 7.40. The van der Waals surface area contributed by atoms with Gasteiger partial charge in [0.1, 0.15) is 4.88 Å². The number of aliphatic carboxylic acids is 1. The molecule has 2 N–H and O–H groups in total. The SMILES string of the molecule is O=C(O)CCCNC(=O)c1cncs1. The van der Waals surface area contributed by atoms with Crippen molar-refractivity contribution in [1.29, 1.82) is 0 Å². The summed E-state index contributed by atoms with van der Waals surface area (Å²) in [6.07, 6.45) is 2.00. The Morgan fingerprint density at radius 3 is 2.93 bits per heavy atom. The van der Waals surface area contributed by atoms with Crippen LogP contribution in [0.4, 0.5) is 0 Å². The van der Waals surface area contributed by atoms with Gasteiger partial charge in [-0.05, 0) is 6.42 Å². The summed E-state index contributed by atoms with van der Waals surface area (Å²) < 4.78 is 0. The molecule has 0 saturated carbocycles. The van der Waals surface area contributed by atoms with Crippen LogP contribution in [0.2, 0.25) is 0 Å². The van der Waals surface area contributed by atoms with Gasteiger partial charge in [0, 0.05) is 13.0 Å². The van der Waals surface area contributed by atoms with Gasteiger partial charge in [-0.2, -0.15) is 0 Å². The van der Waals surface area contributed by atoms with Gasteiger partial charge in [0.25, 0.3) is 5.91 Å². The zero-order chi connectivity index (χ0) is 10.4. The van der Waals surface area contributed by atoms with Crippen LogP contribution in [0.5, 0.6) is 0 Å². The minimum atomic E-state index is -0.850. The van der Waals surface area contributed by atoms with Crippen LogP contribution in [0.25, 0.3) is 0 Å². The fraction of sp³-hybridized carbons (Fsp3) is 0.375. The van der Waals surface area contributed by atoms with Gasteiger partial charge in [-0.25, -0.2) is 0 Å². The summed E-state index contributed by atoms with van der Waals surface area (Å²) in [5.74, 6) is -1.05. The lowest BCUT2D eigenvalue weighted by atomic mass is 10.3. The van der Waals surface area contributed by atoms with Crippen LogP contribution in [0.15, 0.2) is 11.7 Å². The molecule has 0 aliphatic heterocycles. The zero-order valence-corrected chi connectivity index (χ0v) is 8.21. The normalized spacial score (nSPS) is 9.71. The maximum absolute atomic E-state index is 11.3. The highest BCUT2D eigenvalue weighted by Crippen LogP contribution is 2.04. The number of amides is 1. The average Bonchev–Trinajstić information content (AvgIpc) is 2.64. The van der Waals surface area contributed by atoms with Crippen LogP contribution < -0.4 is 5.32 Å². The van der Waals surface area contributed by atoms with Gasteiger partial charge < -0.3 is 10.4 Å². The van der Waals surface area contributed by atoms with Crippen LogP contribution in [0.1, 0.15) is 22.5 Å². The van der Waals surface area contributed by atoms with E-state index in [1.807, 2.05) is 0 Å². The summed E-state index contributed by atoms with van der Waals surface area (Å²) in [7, 11) is 0. The van der Waals surface area contributed by atoms with E-state index in [-0.39, 0.29) is 12.3 Å². The summed E-state index contributed by atoms with van der Waals surface area (Å²) in [5.41, 5.74) is 1.58. The van der Waals surface area contributed by atoms with Crippen LogP contribution in [-0.4, -0.2) is 28.5 Å². The quantitative estimate of drug-likeness (QED) is 0.708. The number of thiazole rings is 1. The molecule has 0 radical (unpaired) electrons. The molecular weight excluding hydrogens is 204 g/mol. The molecule has 0 unspecified atom stereocenters. The van der Waals surface area contributed by atoms with Crippen molar-refractivity contribution >= 4 is 23.2 Å². The van der Waals surface area contributed by atoms with Crippen LogP contribution in [0, 0.1) is 0 Å². The Balaban J connectivity index is 2.19. The smallest absolute Gasteiger partial charge is 0.303 e. The van der Waals surface area contributed by atoms with E-state index in [2.05, 4.69) is 10.3 Å². The lowest BCUT2D eigenvalue weighted by molar-refractivity contribution is -0.137. The van der Waals surface area contributed by atoms with Gasteiger partial charge in [-0.3, -0.25) is 14.6 Å². The first-order valence-corrected chi connectivity index (χ1v) is 4.96. The Kier molecular flexibility index (Phi) is 4.06. The maximum atomic E-state index is 11.3. The fourth-order valence-electron chi connectivity index (χ4n) is 0.857. The van der Waals surface area contributed by atoms with Crippen molar-refractivity contribution in [2.75, 3.05) is 6.54 Å². The number of hydrogen-bond acceptors (Lipinski definition) is 4. The van der Waals surface area contributed by atoms with Gasteiger partial charge in [0.2, 0.25) is 0 Å². The second-order valence-electron chi connectivity index (χ2n) is 2.62. The summed E-state index contributed by atoms with van der Waals surface area (Å²) in [4.78, 5) is 25.7. The number of nitrogens with one attached hydrogen (secondary N) is 1. The Labute approximate surface area is 84.8 Å². The Bertz CT molecular complexity index is 310. The van der Waals surface area contributed by atoms with E-state index in [0.29, 0.717) is 17.8 Å². The molecule has 1 amide bonds. The number of rotatable bonds is 5. The first-order valence-electron chi connectivity index (χ1n) is 4.08. The number of carboxylic acids is 1. The molecule has 1 aromatic heterocycles. The molecular formula is C8H10N2O3S. The van der Waals surface area contributed by atoms with E-state index in [1.165, 1.54) is 17.5 Å². The Hall–Kier alpha value is -1.43. The van der Waals surface area contributed by atoms with Crippen molar-refractivity contribution in [3.05, 3.63) is 16.6 Å². The molecule has 5 nitrogen and oxygen atoms in total. The number of nitrogens with zero attached hydrogens (tertiary/aromatic N) is 1. The first-order chi connectivity index (χ1) is 6.70. The van der Waals surface area contributed by atoms with E-state index in [1.54, 1.807) is 5.51 Å². The molecule has 0 fully saturated rings. The van der Waals surface area contributed by atoms with Crippen molar-refractivity contribution < 1.29 is 14.7 Å². The lowest BCUT2D eigenvalue weighted by Gasteiger charge is -2.00. The number of carboxylic acid groups (broad SMARTS) is 1. The highest BCUT2D eigenvalue weighted by Gasteiger charge is 2.05. The van der Waals surface area contributed by atoms with E-state index >= 15 is 0 Å². The summed E-state index contributed by atoms with van der Waals surface area (Å²) >= 11 is 1.26. The predicted molar refractivity (Wildman–Crippen MR) is 51.3 cm³/mol. The van der Waals surface area contributed by atoms with E-state index in [9.17, 15) is 9.59 Å². The average molecular weight is 214 g/mol. The largest absolute Gasteiger partial charge is 0.481 e. The highest BCUT2D eigenvalue weighted by molar-refractivity contribution is 7.11. The maximum Gasteiger partial charge on any atom is 0.303 e. The van der Waals surface area contributed by atoms with Gasteiger partial charge >= 0.3 is 5.97 Å². The fourth-order valence-corrected chi connectivity index (χ4v) is 1.39. The molecule has 0 spiro atoms. The second-order valence-corrected chi connectivity index (χ2v) is 3.51. The number of aromatic nitrogens is 1. The molecule has 0 bridgehead atoms. The summed E-state index contributed by atoms with van der Waals surface area (Å²) in [6.45, 7) is 0.378. The first kappa shape index (κ1) is 10.6. The number of carbonyl (C=O) groups excluding carboxylic acids is 1. The molecule has 1 heterocycles. The molecule has 0 atom stereocenters. The molecule has 1 rings (SSSR count). The molecule has 6 heteroatoms. The molecule has 0 aliphatic carbocycles. The van der Waals surface area contributed by atoms with Crippen LogP contribution in [0.3, 0.4) is 0 Å². The molecule has 14 heavy (non-hydrogen) atoms. The monoisotopic (exact) mass is 214 g/mol. The third kappa shape index (κ3) is 3.53. The van der Waals surface area contributed by atoms with Crippen molar-refractivity contribution in [3.8, 4) is 0 Å². The van der Waals surface area contributed by atoms with E-state index in [4.69, 9.17) is 5.11 Å². The van der Waals surface area contributed by atoms with E-state index < -0.39 is 5.97 Å². The molecule has 0 aliphatic rings. The van der Waals surface area contributed by atoms with Crippen molar-refractivity contribution in [1.82, 2.24) is 10.3 Å². The second kappa shape index (κ2) is 5.33. The standard InChI is InChI=1S/C8H10N2O3S/c11-7(12)2-1-3-10-8(13)6-4-9-5-14-6/h4-5H,1-3H2,(H,10,13)(H,11,12). The molecule has 0 aromatic carbocycles. The predicted octanol–water partition coefficient (Wildman–Crippen LogP) is 0.738. The minimum absolute atomic E-state index is 0.0724. The number of hydrogen-bond donors (Lipinski definition) is 2.